The molecule has 1 aromatic carbocycles. The Morgan fingerprint density at radius 1 is 1.12 bits per heavy atom. The van der Waals surface area contributed by atoms with Gasteiger partial charge in [0.05, 0.1) is 0 Å². The third-order valence-electron chi connectivity index (χ3n) is 10.9. The van der Waals surface area contributed by atoms with Gasteiger partial charge in [-0.2, -0.15) is 18.1 Å². The number of carbonyl (C=O) groups is 1. The number of benzene rings is 1. The quantitative estimate of drug-likeness (QED) is 0.193. The number of ketones is 1. The van der Waals surface area contributed by atoms with Gasteiger partial charge in [-0.05, 0) is 97.5 Å². The van der Waals surface area contributed by atoms with Gasteiger partial charge < -0.3 is 4.90 Å². The minimum Gasteiger partial charge on any atom is -0.372 e. The summed E-state index contributed by atoms with van der Waals surface area (Å²) in [7, 11) is 0. The maximum absolute atomic E-state index is 15.9. The molecule has 6 rings (SSSR count). The van der Waals surface area contributed by atoms with Crippen molar-refractivity contribution >= 4 is 11.5 Å². The van der Waals surface area contributed by atoms with Crippen LogP contribution in [0, 0.1) is 39.9 Å². The van der Waals surface area contributed by atoms with Crippen molar-refractivity contribution < 1.29 is 22.4 Å². The highest BCUT2D eigenvalue weighted by Crippen LogP contribution is 2.66. The average molecular weight is 583 g/mol. The van der Waals surface area contributed by atoms with Crippen LogP contribution in [0.4, 0.5) is 23.2 Å². The van der Waals surface area contributed by atoms with Crippen LogP contribution < -0.4 is 4.90 Å². The van der Waals surface area contributed by atoms with Crippen LogP contribution in [-0.2, 0) is 4.79 Å². The second kappa shape index (κ2) is 11.3. The number of alkyl halides is 4. The Labute approximate surface area is 245 Å². The molecule has 5 aliphatic rings. The predicted molar refractivity (Wildman–Crippen MR) is 155 cm³/mol. The Bertz CT molecular complexity index is 1350. The van der Waals surface area contributed by atoms with E-state index in [-0.39, 0.29) is 47.7 Å². The number of halogens is 4. The molecular weight excluding hydrogens is 544 g/mol. The van der Waals surface area contributed by atoms with Crippen molar-refractivity contribution in [3.05, 3.63) is 57.5 Å². The van der Waals surface area contributed by atoms with Crippen molar-refractivity contribution in [1.82, 2.24) is 0 Å². The lowest BCUT2D eigenvalue weighted by atomic mass is 9.51. The van der Waals surface area contributed by atoms with Crippen molar-refractivity contribution in [2.75, 3.05) is 18.0 Å². The molecule has 0 N–H and O–H groups in total. The van der Waals surface area contributed by atoms with Crippen LogP contribution in [-0.4, -0.2) is 37.3 Å². The minimum absolute atomic E-state index is 0.00255. The molecule has 3 fully saturated rings. The smallest absolute Gasteiger partial charge is 0.372 e. The van der Waals surface area contributed by atoms with Crippen LogP contribution in [0.3, 0.4) is 0 Å². The first-order valence-corrected chi connectivity index (χ1v) is 15.4. The molecule has 4 nitrogen and oxygen atoms in total. The van der Waals surface area contributed by atoms with Gasteiger partial charge in [0.2, 0.25) is 0 Å². The second-order valence-electron chi connectivity index (χ2n) is 13.1. The second-order valence-corrected chi connectivity index (χ2v) is 13.1. The number of anilines is 1. The normalized spacial score (nSPS) is 34.1. The molecule has 1 heterocycles. The van der Waals surface area contributed by atoms with E-state index in [1.54, 1.807) is 6.08 Å². The number of nitroso groups, excluding NO2 is 1. The summed E-state index contributed by atoms with van der Waals surface area (Å²) in [4.78, 5) is 27.2. The summed E-state index contributed by atoms with van der Waals surface area (Å²) in [5, 5.41) is 3.21. The van der Waals surface area contributed by atoms with Crippen molar-refractivity contribution in [2.24, 2.45) is 28.3 Å². The molecule has 2 unspecified atom stereocenters. The standard InChI is InChI=1S/C34H38F4N2O2/c1-33-20-27(21-7-10-23(11-8-21)40-16-4-5-17-40)32-24-12-9-22(39-42)18-25(24)30(35)19-26(32)28(33)13-14-29(33)31(41)6-2-3-15-34(36,37)38/h7-8,10-11,18,22,26-30H,2,4-6,9,12-14,16-17,19-20H2,1H3/t22?,26-,27+,28-,29+,30?,33-/m0/s1. The number of nitrogens with zero attached hydrogens (tertiary/aromatic N) is 2. The van der Waals surface area contributed by atoms with E-state index in [2.05, 4.69) is 47.2 Å². The molecule has 224 valence electrons. The molecule has 7 atom stereocenters. The number of allylic oxidation sites excluding steroid dienone is 3. The molecule has 1 saturated heterocycles. The largest absolute Gasteiger partial charge is 0.457 e. The van der Waals surface area contributed by atoms with Gasteiger partial charge in [-0.3, -0.25) is 4.79 Å². The van der Waals surface area contributed by atoms with Crippen molar-refractivity contribution in [3.63, 3.8) is 0 Å². The molecule has 1 aliphatic heterocycles. The first kappa shape index (κ1) is 29.1. The average Bonchev–Trinajstić information content (AvgIpc) is 3.63. The minimum atomic E-state index is -4.56. The molecule has 0 spiro atoms. The molecule has 0 bridgehead atoms. The summed E-state index contributed by atoms with van der Waals surface area (Å²) in [6.45, 7) is 4.26. The number of Topliss-reactive ketones (excluding diaryl/α,β-unsaturated/α-hetero) is 1. The third-order valence-corrected chi connectivity index (χ3v) is 10.9. The summed E-state index contributed by atoms with van der Waals surface area (Å²) < 4.78 is 53.4. The zero-order valence-electron chi connectivity index (χ0n) is 24.1. The van der Waals surface area contributed by atoms with Crippen LogP contribution in [0.15, 0.2) is 52.2 Å². The molecule has 2 saturated carbocycles. The lowest BCUT2D eigenvalue weighted by Crippen LogP contribution is -2.46. The highest BCUT2D eigenvalue weighted by Gasteiger charge is 2.59. The SMILES string of the molecule is C[C@]12C[C@H](c3ccc(N4CCCC4)cc3)C3=C4CCC(N=O)C=C4C(F)C[C@H]3[C@@H]1CC[C@@H]2C(=O)CCC#CC(F)(F)F. The molecule has 0 amide bonds. The maximum atomic E-state index is 15.9. The summed E-state index contributed by atoms with van der Waals surface area (Å²) in [5.74, 6) is 3.21. The Morgan fingerprint density at radius 3 is 2.55 bits per heavy atom. The van der Waals surface area contributed by atoms with Crippen LogP contribution in [0.2, 0.25) is 0 Å². The molecule has 0 radical (unpaired) electrons. The van der Waals surface area contributed by atoms with E-state index in [9.17, 15) is 22.9 Å². The Balaban J connectivity index is 1.36. The summed E-state index contributed by atoms with van der Waals surface area (Å²) in [5.41, 5.74) is 4.93. The van der Waals surface area contributed by atoms with E-state index >= 15 is 4.39 Å². The number of rotatable bonds is 6. The number of carbonyl (C=O) groups excluding carboxylic acids is 1. The Hall–Kier alpha value is -2.95. The van der Waals surface area contributed by atoms with E-state index in [0.717, 1.165) is 37.1 Å². The molecule has 0 aromatic heterocycles. The van der Waals surface area contributed by atoms with E-state index in [1.165, 1.54) is 30.0 Å². The van der Waals surface area contributed by atoms with Crippen molar-refractivity contribution in [3.8, 4) is 11.8 Å². The Morgan fingerprint density at radius 2 is 1.86 bits per heavy atom. The third kappa shape index (κ3) is 5.33. The summed E-state index contributed by atoms with van der Waals surface area (Å²) >= 11 is 0. The van der Waals surface area contributed by atoms with Crippen LogP contribution in [0.5, 0.6) is 0 Å². The summed E-state index contributed by atoms with van der Waals surface area (Å²) in [6.07, 6.45) is 2.02. The Kier molecular flexibility index (Phi) is 7.82. The molecule has 1 aromatic rings. The highest BCUT2D eigenvalue weighted by molar-refractivity contribution is 5.82. The van der Waals surface area contributed by atoms with Crippen molar-refractivity contribution in [1.29, 1.82) is 0 Å². The lowest BCUT2D eigenvalue weighted by Gasteiger charge is -2.53. The maximum Gasteiger partial charge on any atom is 0.457 e. The fourth-order valence-corrected chi connectivity index (χ4v) is 9.08. The highest BCUT2D eigenvalue weighted by atomic mass is 19.4. The fourth-order valence-electron chi connectivity index (χ4n) is 9.08. The molecule has 42 heavy (non-hydrogen) atoms. The zero-order valence-corrected chi connectivity index (χ0v) is 24.1. The summed E-state index contributed by atoms with van der Waals surface area (Å²) in [6, 6.07) is 8.23. The predicted octanol–water partition coefficient (Wildman–Crippen LogP) is 8.23. The van der Waals surface area contributed by atoms with E-state index < -0.39 is 18.4 Å². The molecule has 8 heteroatoms. The lowest BCUT2D eigenvalue weighted by molar-refractivity contribution is -0.127. The van der Waals surface area contributed by atoms with Gasteiger partial charge in [0.25, 0.3) is 0 Å². The van der Waals surface area contributed by atoms with Gasteiger partial charge in [-0.1, -0.05) is 41.8 Å². The fraction of sp³-hybridized carbons (Fsp3) is 0.618. The van der Waals surface area contributed by atoms with Gasteiger partial charge in [0.15, 0.2) is 0 Å². The van der Waals surface area contributed by atoms with Gasteiger partial charge in [0, 0.05) is 49.4 Å². The number of hydrogen-bond donors (Lipinski definition) is 0. The van der Waals surface area contributed by atoms with Gasteiger partial charge >= 0.3 is 6.18 Å². The topological polar surface area (TPSA) is 49.7 Å². The molecule has 4 aliphatic carbocycles. The number of fused-ring (bicyclic) bond motifs is 4. The van der Waals surface area contributed by atoms with Crippen LogP contribution >= 0.6 is 0 Å². The monoisotopic (exact) mass is 582 g/mol. The first-order chi connectivity index (χ1) is 20.1. The van der Waals surface area contributed by atoms with Gasteiger partial charge in [0.1, 0.15) is 18.0 Å². The van der Waals surface area contributed by atoms with Gasteiger partial charge in [-0.15, -0.1) is 0 Å². The van der Waals surface area contributed by atoms with Crippen LogP contribution in [0.1, 0.15) is 82.6 Å². The first-order valence-electron chi connectivity index (χ1n) is 15.4. The van der Waals surface area contributed by atoms with Crippen LogP contribution in [0.25, 0.3) is 0 Å². The van der Waals surface area contributed by atoms with Crippen molar-refractivity contribution in [2.45, 2.75) is 95.4 Å². The van der Waals surface area contributed by atoms with E-state index in [0.29, 0.717) is 31.3 Å². The van der Waals surface area contributed by atoms with E-state index in [1.807, 2.05) is 0 Å². The van der Waals surface area contributed by atoms with Gasteiger partial charge in [-0.25, -0.2) is 4.39 Å². The molecular formula is C34H38F4N2O2. The zero-order chi connectivity index (χ0) is 29.6. The number of hydrogen-bond acceptors (Lipinski definition) is 4. The van der Waals surface area contributed by atoms with E-state index in [4.69, 9.17) is 0 Å².